The zero-order valence-corrected chi connectivity index (χ0v) is 16.1. The second-order valence-electron chi connectivity index (χ2n) is 7.31. The van der Waals surface area contributed by atoms with Gasteiger partial charge in [-0.05, 0) is 24.0 Å². The summed E-state index contributed by atoms with van der Waals surface area (Å²) in [5.41, 5.74) is 0.161. The first-order valence-corrected chi connectivity index (χ1v) is 9.27. The zero-order chi connectivity index (χ0) is 21.1. The van der Waals surface area contributed by atoms with Crippen LogP contribution in [0.1, 0.15) is 52.6 Å². The first kappa shape index (κ1) is 20.2. The molecule has 0 unspecified atom stereocenters. The maximum absolute atomic E-state index is 12.6. The Hall–Kier alpha value is -3.55. The van der Waals surface area contributed by atoms with Gasteiger partial charge in [0, 0.05) is 6.07 Å². The fourth-order valence-corrected chi connectivity index (χ4v) is 3.43. The largest absolute Gasteiger partial charge is 0.348 e. The van der Waals surface area contributed by atoms with E-state index >= 15 is 0 Å². The molecule has 1 heterocycles. The van der Waals surface area contributed by atoms with Crippen LogP contribution in [-0.4, -0.2) is 34.1 Å². The number of nitrogens with one attached hydrogen (secondary N) is 1. The third-order valence-electron chi connectivity index (χ3n) is 4.72. The summed E-state index contributed by atoms with van der Waals surface area (Å²) in [6.07, 6.45) is 0.684. The topological polar surface area (TPSA) is 110 Å². The SMILES string of the molecule is CC(C)C[C@@H](NC(=O)CN1C(=O)c2cccc([N+](=O)[O-])c2C1=O)c1ccccc1. The number of carbonyl (C=O) groups is 3. The van der Waals surface area contributed by atoms with Crippen molar-refractivity contribution in [2.24, 2.45) is 5.92 Å². The number of benzene rings is 2. The van der Waals surface area contributed by atoms with Crippen molar-refractivity contribution in [3.63, 3.8) is 0 Å². The van der Waals surface area contributed by atoms with Gasteiger partial charge in [-0.2, -0.15) is 0 Å². The van der Waals surface area contributed by atoms with Gasteiger partial charge in [0.2, 0.25) is 5.91 Å². The average molecular weight is 395 g/mol. The van der Waals surface area contributed by atoms with E-state index in [1.54, 1.807) is 0 Å². The number of hydrogen-bond acceptors (Lipinski definition) is 5. The molecule has 2 aromatic carbocycles. The Kier molecular flexibility index (Phi) is 5.72. The molecule has 0 aromatic heterocycles. The summed E-state index contributed by atoms with van der Waals surface area (Å²) in [5.74, 6) is -1.73. The minimum absolute atomic E-state index is 0.0567. The Balaban J connectivity index is 1.78. The normalized spacial score (nSPS) is 14.1. The molecule has 1 atom stereocenters. The first-order valence-electron chi connectivity index (χ1n) is 9.27. The van der Waals surface area contributed by atoms with E-state index in [4.69, 9.17) is 0 Å². The van der Waals surface area contributed by atoms with Crippen LogP contribution in [0.25, 0.3) is 0 Å². The van der Waals surface area contributed by atoms with Crippen molar-refractivity contribution in [3.8, 4) is 0 Å². The lowest BCUT2D eigenvalue weighted by Gasteiger charge is -2.22. The van der Waals surface area contributed by atoms with E-state index in [2.05, 4.69) is 5.32 Å². The molecule has 2 aromatic rings. The number of nitro groups is 1. The van der Waals surface area contributed by atoms with Crippen molar-refractivity contribution in [3.05, 3.63) is 75.3 Å². The highest BCUT2D eigenvalue weighted by molar-refractivity contribution is 6.24. The summed E-state index contributed by atoms with van der Waals surface area (Å²) in [6.45, 7) is 3.57. The highest BCUT2D eigenvalue weighted by Crippen LogP contribution is 2.30. The van der Waals surface area contributed by atoms with Gasteiger partial charge in [-0.25, -0.2) is 0 Å². The minimum Gasteiger partial charge on any atom is -0.348 e. The second kappa shape index (κ2) is 8.22. The number of hydrogen-bond donors (Lipinski definition) is 1. The lowest BCUT2D eigenvalue weighted by molar-refractivity contribution is -0.385. The molecule has 29 heavy (non-hydrogen) atoms. The fourth-order valence-electron chi connectivity index (χ4n) is 3.43. The number of amides is 3. The molecule has 3 rings (SSSR count). The van der Waals surface area contributed by atoms with Gasteiger partial charge in [-0.15, -0.1) is 0 Å². The third-order valence-corrected chi connectivity index (χ3v) is 4.72. The predicted octanol–water partition coefficient (Wildman–Crippen LogP) is 3.09. The van der Waals surface area contributed by atoms with Crippen LogP contribution >= 0.6 is 0 Å². The first-order chi connectivity index (χ1) is 13.8. The predicted molar refractivity (Wildman–Crippen MR) is 105 cm³/mol. The molecule has 1 N–H and O–H groups in total. The van der Waals surface area contributed by atoms with Gasteiger partial charge >= 0.3 is 0 Å². The molecule has 1 aliphatic rings. The molecule has 0 spiro atoms. The van der Waals surface area contributed by atoms with Gasteiger partial charge in [-0.3, -0.25) is 29.4 Å². The average Bonchev–Trinajstić information content (AvgIpc) is 2.92. The second-order valence-corrected chi connectivity index (χ2v) is 7.31. The fraction of sp³-hybridized carbons (Fsp3) is 0.286. The number of nitrogens with zero attached hydrogens (tertiary/aromatic N) is 2. The van der Waals surface area contributed by atoms with Gasteiger partial charge in [0.15, 0.2) is 0 Å². The van der Waals surface area contributed by atoms with Crippen LogP contribution in [-0.2, 0) is 4.79 Å². The number of imide groups is 1. The van der Waals surface area contributed by atoms with E-state index in [0.29, 0.717) is 12.3 Å². The van der Waals surface area contributed by atoms with Crippen molar-refractivity contribution >= 4 is 23.4 Å². The molecule has 0 radical (unpaired) electrons. The zero-order valence-electron chi connectivity index (χ0n) is 16.1. The van der Waals surface area contributed by atoms with Crippen molar-refractivity contribution < 1.29 is 19.3 Å². The maximum Gasteiger partial charge on any atom is 0.282 e. The number of carbonyl (C=O) groups excluding carboxylic acids is 3. The van der Waals surface area contributed by atoms with Crippen LogP contribution in [0.5, 0.6) is 0 Å². The molecular formula is C21H21N3O5. The Morgan fingerprint density at radius 1 is 1.07 bits per heavy atom. The Labute approximate surface area is 167 Å². The molecule has 0 fully saturated rings. The van der Waals surface area contributed by atoms with Crippen LogP contribution in [0.2, 0.25) is 0 Å². The molecule has 0 saturated heterocycles. The van der Waals surface area contributed by atoms with Gasteiger partial charge in [-0.1, -0.05) is 50.2 Å². The molecular weight excluding hydrogens is 374 g/mol. The van der Waals surface area contributed by atoms with Crippen LogP contribution in [0.15, 0.2) is 48.5 Å². The standard InChI is InChI=1S/C21H21N3O5/c1-13(2)11-16(14-7-4-3-5-8-14)22-18(25)12-23-20(26)15-9-6-10-17(24(28)29)19(15)21(23)27/h3-10,13,16H,11-12H2,1-2H3,(H,22,25)/t16-/m1/s1. The van der Waals surface area contributed by atoms with Crippen molar-refractivity contribution in [1.82, 2.24) is 10.2 Å². The quantitative estimate of drug-likeness (QED) is 0.440. The summed E-state index contributed by atoms with van der Waals surface area (Å²) in [5, 5.41) is 14.1. The highest BCUT2D eigenvalue weighted by atomic mass is 16.6. The Morgan fingerprint density at radius 2 is 1.76 bits per heavy atom. The summed E-state index contributed by atoms with van der Waals surface area (Å²) < 4.78 is 0. The highest BCUT2D eigenvalue weighted by Gasteiger charge is 2.41. The number of nitro benzene ring substituents is 1. The monoisotopic (exact) mass is 395 g/mol. The molecule has 150 valence electrons. The minimum atomic E-state index is -0.826. The summed E-state index contributed by atoms with van der Waals surface area (Å²) in [4.78, 5) is 49.0. The molecule has 8 heteroatoms. The van der Waals surface area contributed by atoms with Gasteiger partial charge in [0.05, 0.1) is 16.5 Å². The molecule has 0 aliphatic carbocycles. The summed E-state index contributed by atoms with van der Waals surface area (Å²) >= 11 is 0. The smallest absolute Gasteiger partial charge is 0.282 e. The molecule has 0 bridgehead atoms. The Bertz CT molecular complexity index is 972. The Morgan fingerprint density at radius 3 is 2.38 bits per heavy atom. The van der Waals surface area contributed by atoms with Crippen LogP contribution in [0, 0.1) is 16.0 Å². The number of rotatable bonds is 7. The van der Waals surface area contributed by atoms with E-state index in [-0.39, 0.29) is 17.2 Å². The van der Waals surface area contributed by atoms with Crippen LogP contribution in [0.3, 0.4) is 0 Å². The molecule has 8 nitrogen and oxygen atoms in total. The lowest BCUT2D eigenvalue weighted by atomic mass is 9.97. The van der Waals surface area contributed by atoms with Crippen molar-refractivity contribution in [2.75, 3.05) is 6.54 Å². The third kappa shape index (κ3) is 4.16. The van der Waals surface area contributed by atoms with Crippen LogP contribution in [0.4, 0.5) is 5.69 Å². The van der Waals surface area contributed by atoms with E-state index in [1.807, 2.05) is 44.2 Å². The van der Waals surface area contributed by atoms with E-state index in [1.165, 1.54) is 18.2 Å². The molecule has 1 aliphatic heterocycles. The van der Waals surface area contributed by atoms with Gasteiger partial charge < -0.3 is 5.32 Å². The van der Waals surface area contributed by atoms with Gasteiger partial charge in [0.25, 0.3) is 17.5 Å². The lowest BCUT2D eigenvalue weighted by Crippen LogP contribution is -2.41. The molecule has 3 amide bonds. The summed E-state index contributed by atoms with van der Waals surface area (Å²) in [7, 11) is 0. The van der Waals surface area contributed by atoms with Crippen LogP contribution < -0.4 is 5.32 Å². The van der Waals surface area contributed by atoms with E-state index in [9.17, 15) is 24.5 Å². The van der Waals surface area contributed by atoms with Gasteiger partial charge in [0.1, 0.15) is 12.1 Å². The van der Waals surface area contributed by atoms with Crippen molar-refractivity contribution in [2.45, 2.75) is 26.3 Å². The maximum atomic E-state index is 12.6. The van der Waals surface area contributed by atoms with Crippen molar-refractivity contribution in [1.29, 1.82) is 0 Å². The van der Waals surface area contributed by atoms with E-state index in [0.717, 1.165) is 10.5 Å². The summed E-state index contributed by atoms with van der Waals surface area (Å²) in [6, 6.07) is 13.0. The van der Waals surface area contributed by atoms with E-state index < -0.39 is 34.9 Å². The number of fused-ring (bicyclic) bond motifs is 1. The molecule has 0 saturated carbocycles.